The van der Waals surface area contributed by atoms with Crippen LogP contribution in [0.15, 0.2) is 24.8 Å². The summed E-state index contributed by atoms with van der Waals surface area (Å²) in [4.78, 5) is 72.0. The van der Waals surface area contributed by atoms with Gasteiger partial charge in [-0.15, -0.1) is 6.58 Å². The second kappa shape index (κ2) is 13.9. The van der Waals surface area contributed by atoms with Gasteiger partial charge < -0.3 is 23.8 Å². The monoisotopic (exact) mass is 755 g/mol. The first kappa shape index (κ1) is 37.2. The lowest BCUT2D eigenvalue weighted by Crippen LogP contribution is -2.48. The van der Waals surface area contributed by atoms with E-state index in [1.807, 2.05) is 32.9 Å². The molecule has 1 unspecified atom stereocenters. The number of nitrogens with one attached hydrogen (secondary N) is 1. The van der Waals surface area contributed by atoms with Crippen LogP contribution in [0, 0.1) is 22.7 Å². The number of carbonyl (C=O) groups excluding carboxylic acids is 5. The van der Waals surface area contributed by atoms with Gasteiger partial charge in [0.25, 0.3) is 0 Å². The lowest BCUT2D eigenvalue weighted by molar-refractivity contribution is -0.156. The van der Waals surface area contributed by atoms with Crippen LogP contribution < -0.4 is 14.2 Å². The molecule has 3 aliphatic heterocycles. The highest BCUT2D eigenvalue weighted by Crippen LogP contribution is 2.57. The van der Waals surface area contributed by atoms with Gasteiger partial charge in [0.2, 0.25) is 28.6 Å². The van der Waals surface area contributed by atoms with Crippen LogP contribution in [0.1, 0.15) is 96.1 Å². The van der Waals surface area contributed by atoms with Crippen LogP contribution in [0.25, 0.3) is 0 Å². The molecule has 1 aromatic carbocycles. The largest absolute Gasteiger partial charge is 0.462 e. The topological polar surface area (TPSA) is 175 Å². The summed E-state index contributed by atoms with van der Waals surface area (Å²) >= 11 is 0. The number of hydrogen-bond donors (Lipinski definition) is 1. The highest BCUT2D eigenvalue weighted by molar-refractivity contribution is 7.90. The SMILES string of the molecule is C=C[C@H]1C[C@@]1(CC(=O)C1C[C@@H](OC(=O)N2Cc3cc4c(cc3C2)OCO4)CN1C(=O)[C@@H](CC(=O)OC1CCCC1)C(C)(C)C)C(=O)NS(=O)(=O)C1CC1. The molecule has 6 aliphatic rings. The van der Waals surface area contributed by atoms with Crippen LogP contribution in [0.2, 0.25) is 0 Å². The summed E-state index contributed by atoms with van der Waals surface area (Å²) < 4.78 is 50.3. The van der Waals surface area contributed by atoms with E-state index in [0.717, 1.165) is 36.8 Å². The Morgan fingerprint density at radius 3 is 2.21 bits per heavy atom. The summed E-state index contributed by atoms with van der Waals surface area (Å²) in [5.41, 5.74) is -0.235. The van der Waals surface area contributed by atoms with Crippen molar-refractivity contribution < 1.29 is 51.3 Å². The minimum absolute atomic E-state index is 0.0205. The predicted octanol–water partition coefficient (Wildman–Crippen LogP) is 4.14. The Labute approximate surface area is 309 Å². The van der Waals surface area contributed by atoms with Crippen molar-refractivity contribution in [2.45, 2.75) is 122 Å². The van der Waals surface area contributed by atoms with Crippen LogP contribution in [-0.2, 0) is 51.8 Å². The molecule has 3 amide bonds. The van der Waals surface area contributed by atoms with Gasteiger partial charge in [0.05, 0.1) is 35.6 Å². The van der Waals surface area contributed by atoms with Gasteiger partial charge in [-0.05, 0) is 79.5 Å². The molecular formula is C38H49N3O11S. The summed E-state index contributed by atoms with van der Waals surface area (Å²) in [5.74, 6) is -2.21. The fourth-order valence-electron chi connectivity index (χ4n) is 8.24. The lowest BCUT2D eigenvalue weighted by atomic mass is 9.77. The van der Waals surface area contributed by atoms with Gasteiger partial charge in [0.1, 0.15) is 12.2 Å². The number of likely N-dealkylation sites (tertiary alicyclic amines) is 1. The number of sulfonamides is 1. The number of ketones is 1. The zero-order valence-electron chi connectivity index (χ0n) is 30.6. The molecule has 3 heterocycles. The number of hydrogen-bond acceptors (Lipinski definition) is 11. The Balaban J connectivity index is 1.09. The number of carbonyl (C=O) groups is 5. The first-order valence-electron chi connectivity index (χ1n) is 18.7. The fraction of sp³-hybridized carbons (Fsp3) is 0.658. The molecule has 5 atom stereocenters. The molecule has 14 nitrogen and oxygen atoms in total. The predicted molar refractivity (Wildman–Crippen MR) is 189 cm³/mol. The van der Waals surface area contributed by atoms with Crippen molar-refractivity contribution in [1.29, 1.82) is 0 Å². The van der Waals surface area contributed by atoms with Crippen LogP contribution in [0.4, 0.5) is 4.79 Å². The molecule has 1 aromatic rings. The van der Waals surface area contributed by atoms with Gasteiger partial charge in [0.15, 0.2) is 17.3 Å². The smallest absolute Gasteiger partial charge is 0.410 e. The number of esters is 1. The summed E-state index contributed by atoms with van der Waals surface area (Å²) in [5, 5.41) is -0.626. The number of Topliss-reactive ketones (excluding diaryl/α,β-unsaturated/α-hetero) is 1. The number of allylic oxidation sites excluding steroid dienone is 1. The van der Waals surface area contributed by atoms with Crippen LogP contribution in [-0.4, -0.2) is 84.7 Å². The molecule has 4 fully saturated rings. The molecule has 1 saturated heterocycles. The second-order valence-electron chi connectivity index (χ2n) is 16.6. The van der Waals surface area contributed by atoms with Crippen LogP contribution in [0.3, 0.4) is 0 Å². The number of nitrogens with zero attached hydrogens (tertiary/aromatic N) is 2. The fourth-order valence-corrected chi connectivity index (χ4v) is 9.63. The first-order chi connectivity index (χ1) is 25.1. The molecule has 0 radical (unpaired) electrons. The maximum atomic E-state index is 14.5. The van der Waals surface area contributed by atoms with E-state index in [1.54, 1.807) is 6.08 Å². The van der Waals surface area contributed by atoms with E-state index in [4.69, 9.17) is 18.9 Å². The van der Waals surface area contributed by atoms with Crippen molar-refractivity contribution in [1.82, 2.24) is 14.5 Å². The Hall–Kier alpha value is -4.14. The van der Waals surface area contributed by atoms with E-state index in [2.05, 4.69) is 11.3 Å². The lowest BCUT2D eigenvalue weighted by Gasteiger charge is -2.35. The summed E-state index contributed by atoms with van der Waals surface area (Å²) in [6.45, 7) is 9.93. The third-order valence-corrected chi connectivity index (χ3v) is 13.6. The minimum atomic E-state index is -3.87. The minimum Gasteiger partial charge on any atom is -0.462 e. The van der Waals surface area contributed by atoms with Gasteiger partial charge in [-0.25, -0.2) is 13.2 Å². The molecule has 288 valence electrons. The summed E-state index contributed by atoms with van der Waals surface area (Å²) in [6, 6.07) is 2.60. The molecule has 0 bridgehead atoms. The van der Waals surface area contributed by atoms with Crippen molar-refractivity contribution >= 4 is 39.7 Å². The first-order valence-corrected chi connectivity index (χ1v) is 20.2. The summed E-state index contributed by atoms with van der Waals surface area (Å²) in [6.07, 6.45) is 4.05. The maximum Gasteiger partial charge on any atom is 0.410 e. The number of rotatable bonds is 12. The number of benzene rings is 1. The average molecular weight is 756 g/mol. The highest BCUT2D eigenvalue weighted by atomic mass is 32.2. The third kappa shape index (κ3) is 7.63. The van der Waals surface area contributed by atoms with E-state index < -0.39 is 79.7 Å². The highest BCUT2D eigenvalue weighted by Gasteiger charge is 2.61. The van der Waals surface area contributed by atoms with E-state index in [9.17, 15) is 32.4 Å². The van der Waals surface area contributed by atoms with Crippen molar-refractivity contribution in [3.05, 3.63) is 35.9 Å². The molecule has 1 N–H and O–H groups in total. The average Bonchev–Trinajstić information content (AvgIpc) is 3.76. The van der Waals surface area contributed by atoms with Gasteiger partial charge in [-0.2, -0.15) is 0 Å². The molecule has 3 aliphatic carbocycles. The van der Waals surface area contributed by atoms with Crippen LogP contribution >= 0.6 is 0 Å². The van der Waals surface area contributed by atoms with Crippen molar-refractivity contribution in [2.75, 3.05) is 13.3 Å². The standard InChI is InChI=1S/C38H49N3O11S/c1-5-24-16-38(24,35(45)39-53(47,48)27-10-11-27)17-30(42)29-14-26(52-36(46)40-18-22-12-31-32(50-21-49-31)13-23(22)19-40)20-41(29)34(44)28(37(2,3)4)15-33(43)51-25-8-6-7-9-25/h5,12-13,24-29H,1,6-11,14-21H2,2-4H3,(H,39,45)/t24-,26+,28+,29?,38-/m0/s1. The second-order valence-corrected chi connectivity index (χ2v) is 18.6. The van der Waals surface area contributed by atoms with Gasteiger partial charge in [-0.3, -0.25) is 28.8 Å². The third-order valence-electron chi connectivity index (χ3n) is 11.7. The van der Waals surface area contributed by atoms with Gasteiger partial charge >= 0.3 is 12.1 Å². The van der Waals surface area contributed by atoms with Crippen molar-refractivity contribution in [3.63, 3.8) is 0 Å². The molecular weight excluding hydrogens is 706 g/mol. The molecule has 7 rings (SSSR count). The zero-order chi connectivity index (χ0) is 37.9. The Morgan fingerprint density at radius 1 is 1.00 bits per heavy atom. The van der Waals surface area contributed by atoms with Crippen molar-refractivity contribution in [3.8, 4) is 11.5 Å². The van der Waals surface area contributed by atoms with E-state index >= 15 is 0 Å². The van der Waals surface area contributed by atoms with E-state index in [1.165, 1.54) is 9.80 Å². The number of ether oxygens (including phenoxy) is 4. The maximum absolute atomic E-state index is 14.5. The van der Waals surface area contributed by atoms with E-state index in [0.29, 0.717) is 24.3 Å². The Kier molecular flexibility index (Phi) is 9.77. The van der Waals surface area contributed by atoms with Gasteiger partial charge in [-0.1, -0.05) is 26.8 Å². The van der Waals surface area contributed by atoms with Crippen molar-refractivity contribution in [2.24, 2.45) is 22.7 Å². The molecule has 53 heavy (non-hydrogen) atoms. The molecule has 3 saturated carbocycles. The number of amides is 3. The van der Waals surface area contributed by atoms with E-state index in [-0.39, 0.29) is 58.2 Å². The van der Waals surface area contributed by atoms with Gasteiger partial charge in [0, 0.05) is 25.9 Å². The Bertz CT molecular complexity index is 1780. The normalized spacial score (nSPS) is 26.9. The Morgan fingerprint density at radius 2 is 1.64 bits per heavy atom. The number of fused-ring (bicyclic) bond motifs is 2. The summed E-state index contributed by atoms with van der Waals surface area (Å²) in [7, 11) is -3.87. The zero-order valence-corrected chi connectivity index (χ0v) is 31.4. The molecule has 0 aromatic heterocycles. The quantitative estimate of drug-likeness (QED) is 0.240. The molecule has 15 heteroatoms. The molecule has 0 spiro atoms. The van der Waals surface area contributed by atoms with Crippen LogP contribution in [0.5, 0.6) is 11.5 Å².